The third-order valence-corrected chi connectivity index (χ3v) is 15.6. The number of anilines is 1. The topological polar surface area (TPSA) is 128 Å². The molecule has 5 aliphatic heterocycles. The Morgan fingerprint density at radius 3 is 2.52 bits per heavy atom. The number of likely N-dealkylation sites (N-methyl/N-ethyl adjacent to an activating group) is 1. The van der Waals surface area contributed by atoms with Crippen molar-refractivity contribution in [2.45, 2.75) is 91.9 Å². The zero-order valence-electron chi connectivity index (χ0n) is 33.4. The molecule has 5 unspecified atom stereocenters. The van der Waals surface area contributed by atoms with Gasteiger partial charge in [0.2, 0.25) is 5.60 Å². The first-order valence-electron chi connectivity index (χ1n) is 20.4. The lowest BCUT2D eigenvalue weighted by Gasteiger charge is -2.63. The largest absolute Gasteiger partial charge is 0.496 e. The highest BCUT2D eigenvalue weighted by atomic mass is 32.1. The van der Waals surface area contributed by atoms with E-state index in [1.807, 2.05) is 43.1 Å². The van der Waals surface area contributed by atoms with Crippen LogP contribution in [0.2, 0.25) is 0 Å². The number of aliphatic hydroxyl groups is 2. The maximum atomic E-state index is 15.3. The summed E-state index contributed by atoms with van der Waals surface area (Å²) in [4.78, 5) is 40.9. The van der Waals surface area contributed by atoms with E-state index in [1.165, 1.54) is 14.2 Å². The molecule has 2 bridgehead atoms. The molecule has 56 heavy (non-hydrogen) atoms. The van der Waals surface area contributed by atoms with Crippen molar-refractivity contribution in [3.05, 3.63) is 64.9 Å². The van der Waals surface area contributed by atoms with Gasteiger partial charge in [0.15, 0.2) is 0 Å². The maximum absolute atomic E-state index is 15.3. The fraction of sp³-hybridized carbons (Fsp3) is 0.591. The van der Waals surface area contributed by atoms with Gasteiger partial charge < -0.3 is 39.2 Å². The number of aliphatic hydroxyl groups excluding tert-OH is 1. The van der Waals surface area contributed by atoms with Crippen LogP contribution >= 0.6 is 12.6 Å². The summed E-state index contributed by atoms with van der Waals surface area (Å²) in [6, 6.07) is 9.15. The number of H-pyrrole nitrogens is 1. The number of carbonyl (C=O) groups is 2. The van der Waals surface area contributed by atoms with E-state index < -0.39 is 40.0 Å². The molecule has 1 aromatic heterocycles. The molecule has 0 amide bonds. The van der Waals surface area contributed by atoms with E-state index in [1.54, 1.807) is 7.11 Å². The highest BCUT2D eigenvalue weighted by Crippen LogP contribution is 2.67. The second-order valence-corrected chi connectivity index (χ2v) is 18.1. The molecule has 10 atom stereocenters. The molecule has 3 fully saturated rings. The van der Waals surface area contributed by atoms with Gasteiger partial charge in [-0.2, -0.15) is 0 Å². The number of hydrogen-bond donors (Lipinski definition) is 4. The molecule has 6 heterocycles. The first kappa shape index (κ1) is 38.0. The Hall–Kier alpha value is -3.55. The molecular weight excluding hydrogens is 729 g/mol. The first-order valence-corrected chi connectivity index (χ1v) is 20.8. The molecule has 1 spiro atoms. The number of esters is 2. The summed E-state index contributed by atoms with van der Waals surface area (Å²) in [5.74, 6) is 0.00298. The van der Waals surface area contributed by atoms with Gasteiger partial charge in [-0.3, -0.25) is 9.69 Å². The zero-order valence-corrected chi connectivity index (χ0v) is 34.3. The number of carbonyl (C=O) groups excluding carboxylic acids is 2. The third-order valence-electron chi connectivity index (χ3n) is 15.3. The minimum atomic E-state index is -2.27. The monoisotopic (exact) mass is 784 g/mol. The Kier molecular flexibility index (Phi) is 8.98. The second-order valence-electron chi connectivity index (χ2n) is 17.6. The molecule has 2 saturated heterocycles. The van der Waals surface area contributed by atoms with Crippen molar-refractivity contribution >= 4 is 41.2 Å². The van der Waals surface area contributed by atoms with Gasteiger partial charge >= 0.3 is 11.9 Å². The van der Waals surface area contributed by atoms with E-state index >= 15 is 4.79 Å². The van der Waals surface area contributed by atoms with E-state index in [0.717, 1.165) is 77.2 Å². The number of hydrogen-bond acceptors (Lipinski definition) is 11. The first-order chi connectivity index (χ1) is 26.9. The highest BCUT2D eigenvalue weighted by Gasteiger charge is 2.79. The number of benzene rings is 2. The minimum Gasteiger partial charge on any atom is -0.496 e. The van der Waals surface area contributed by atoms with Crippen LogP contribution in [0.25, 0.3) is 10.9 Å². The molecule has 1 saturated carbocycles. The average molecular weight is 785 g/mol. The van der Waals surface area contributed by atoms with E-state index in [-0.39, 0.29) is 17.9 Å². The van der Waals surface area contributed by atoms with Gasteiger partial charge in [0.1, 0.15) is 17.3 Å². The fourth-order valence-corrected chi connectivity index (χ4v) is 13.4. The normalized spacial score (nSPS) is 37.1. The lowest BCUT2D eigenvalue weighted by Crippen LogP contribution is -2.80. The van der Waals surface area contributed by atoms with Crippen LogP contribution in [-0.4, -0.2) is 122 Å². The van der Waals surface area contributed by atoms with Crippen molar-refractivity contribution in [2.75, 3.05) is 66.0 Å². The number of piperidine rings is 1. The van der Waals surface area contributed by atoms with Crippen LogP contribution < -0.4 is 9.64 Å². The number of thiol groups is 1. The van der Waals surface area contributed by atoms with Gasteiger partial charge in [-0.1, -0.05) is 32.4 Å². The van der Waals surface area contributed by atoms with Gasteiger partial charge in [-0.15, -0.1) is 12.6 Å². The van der Waals surface area contributed by atoms with Crippen LogP contribution in [0, 0.1) is 17.3 Å². The Balaban J connectivity index is 1.37. The summed E-state index contributed by atoms with van der Waals surface area (Å²) >= 11 is 4.75. The van der Waals surface area contributed by atoms with Gasteiger partial charge in [0, 0.05) is 88.9 Å². The van der Waals surface area contributed by atoms with E-state index in [4.69, 9.17) is 26.8 Å². The van der Waals surface area contributed by atoms with Crippen molar-refractivity contribution < 1.29 is 34.0 Å². The van der Waals surface area contributed by atoms with Crippen LogP contribution in [-0.2, 0) is 36.3 Å². The number of ether oxygens (including phenoxy) is 3. The number of nitrogens with one attached hydrogen (secondary N) is 1. The van der Waals surface area contributed by atoms with Crippen LogP contribution in [0.3, 0.4) is 0 Å². The van der Waals surface area contributed by atoms with Gasteiger partial charge in [0.25, 0.3) is 0 Å². The summed E-state index contributed by atoms with van der Waals surface area (Å²) in [7, 11) is 6.28. The molecular formula is C44H56N4O7S. The molecule has 12 heteroatoms. The van der Waals surface area contributed by atoms with E-state index in [2.05, 4.69) is 39.9 Å². The van der Waals surface area contributed by atoms with Crippen molar-refractivity contribution in [3.8, 4) is 5.75 Å². The minimum absolute atomic E-state index is 0.185. The summed E-state index contributed by atoms with van der Waals surface area (Å²) in [6.07, 6.45) is 7.09. The molecule has 300 valence electrons. The molecule has 6 aliphatic rings. The van der Waals surface area contributed by atoms with E-state index in [0.29, 0.717) is 49.6 Å². The molecule has 3 aromatic rings. The molecule has 0 radical (unpaired) electrons. The third kappa shape index (κ3) is 4.73. The molecule has 11 nitrogen and oxygen atoms in total. The molecule has 3 N–H and O–H groups in total. The molecule has 2 aromatic carbocycles. The SMILES string of the molecule is CCC1CC2CN(CCc3c([nH]c4ccc(S)cc34)[C@@](C(=O)OC)(c3cc4c(cc3OC)N(C)C3[C@]45CCN4CC=C[C@](CC)(C45)[C@@H](O)[C@]3(O)C(=O)OC)C2)C1. The van der Waals surface area contributed by atoms with Crippen molar-refractivity contribution in [3.63, 3.8) is 0 Å². The van der Waals surface area contributed by atoms with Gasteiger partial charge in [-0.25, -0.2) is 4.79 Å². The lowest BCUT2D eigenvalue weighted by atomic mass is 9.47. The van der Waals surface area contributed by atoms with Crippen LogP contribution in [0.1, 0.15) is 68.3 Å². The smallest absolute Gasteiger partial charge is 0.342 e. The van der Waals surface area contributed by atoms with Crippen LogP contribution in [0.4, 0.5) is 5.69 Å². The predicted molar refractivity (Wildman–Crippen MR) is 217 cm³/mol. The summed E-state index contributed by atoms with van der Waals surface area (Å²) in [5.41, 5.74) is -0.0868. The quantitative estimate of drug-likeness (QED) is 0.160. The van der Waals surface area contributed by atoms with Crippen molar-refractivity contribution in [2.24, 2.45) is 17.3 Å². The number of rotatable bonds is 6. The molecule has 1 aliphatic carbocycles. The number of aromatic amines is 1. The number of nitrogens with zero attached hydrogens (tertiary/aromatic N) is 3. The lowest BCUT2D eigenvalue weighted by molar-refractivity contribution is -0.218. The van der Waals surface area contributed by atoms with Crippen LogP contribution in [0.5, 0.6) is 5.75 Å². The average Bonchev–Trinajstić information content (AvgIpc) is 3.87. The summed E-state index contributed by atoms with van der Waals surface area (Å²) in [5, 5.41) is 26.4. The standard InChI is InChI=1S/C44H56N4O7S/c1-7-25-18-26-22-43(39(50)54-5,35-28(12-16-47(23-25)24-26)29-19-27(56)10-11-32(29)45-35)31-20-30-33(21-34(31)53-4)46(3)37-42(30)14-17-48-15-9-13-41(8-2,36(42)48)38(49)44(37,52)40(51)55-6/h9-11,13,19-21,25-26,36-38,45,49,52,56H,7-8,12,14-18,22-24H2,1-6H3/t25?,26?,36?,37?,38-,41-,42-,43+,44+/m1/s1. The Morgan fingerprint density at radius 2 is 1.80 bits per heavy atom. The number of fused-ring (bicyclic) bond motifs is 6. The van der Waals surface area contributed by atoms with Gasteiger partial charge in [0.05, 0.1) is 27.4 Å². The Morgan fingerprint density at radius 1 is 1.02 bits per heavy atom. The number of aromatic nitrogens is 1. The number of methoxy groups -OCH3 is 3. The highest BCUT2D eigenvalue weighted by molar-refractivity contribution is 7.80. The molecule has 9 rings (SSSR count). The van der Waals surface area contributed by atoms with Crippen LogP contribution in [0.15, 0.2) is 47.4 Å². The van der Waals surface area contributed by atoms with Gasteiger partial charge in [-0.05, 0) is 85.9 Å². The zero-order chi connectivity index (χ0) is 39.5. The fourth-order valence-electron chi connectivity index (χ4n) is 13.2. The Labute approximate surface area is 334 Å². The summed E-state index contributed by atoms with van der Waals surface area (Å²) < 4.78 is 17.7. The Bertz CT molecular complexity index is 2140. The van der Waals surface area contributed by atoms with Crippen molar-refractivity contribution in [1.82, 2.24) is 14.8 Å². The van der Waals surface area contributed by atoms with Crippen molar-refractivity contribution in [1.29, 1.82) is 0 Å². The summed E-state index contributed by atoms with van der Waals surface area (Å²) in [6.45, 7) is 8.47. The second kappa shape index (κ2) is 13.2. The predicted octanol–water partition coefficient (Wildman–Crippen LogP) is 4.59. The van der Waals surface area contributed by atoms with E-state index in [9.17, 15) is 15.0 Å². The maximum Gasteiger partial charge on any atom is 0.342 e.